The van der Waals surface area contributed by atoms with Gasteiger partial charge < -0.3 is 10.1 Å². The molecule has 0 aliphatic carbocycles. The minimum Gasteiger partial charge on any atom is -0.491 e. The molecule has 0 unspecified atom stereocenters. The predicted molar refractivity (Wildman–Crippen MR) is 98.0 cm³/mol. The number of sulfonamides is 1. The molecule has 0 saturated carbocycles. The Morgan fingerprint density at radius 2 is 1.88 bits per heavy atom. The van der Waals surface area contributed by atoms with Crippen LogP contribution < -0.4 is 10.1 Å². The molecule has 1 aliphatic heterocycles. The molecule has 1 amide bonds. The second-order valence-corrected chi connectivity index (χ2v) is 8.87. The standard InChI is InChI=1S/C18H28N2O4S/c1-4-25(22,23)20-11-9-16(10-12-20)18(21)19-15(3)13-24-17-7-5-14(2)6-8-17/h5-8,15-16H,4,9-13H2,1-3H3,(H,19,21)/t15-/m0/s1. The third-order valence-corrected chi connectivity index (χ3v) is 6.37. The molecule has 7 heteroatoms. The van der Waals surface area contributed by atoms with Crippen LogP contribution in [0.1, 0.15) is 32.3 Å². The molecule has 0 radical (unpaired) electrons. The molecule has 1 fully saturated rings. The van der Waals surface area contributed by atoms with Crippen LogP contribution in [0.2, 0.25) is 0 Å². The lowest BCUT2D eigenvalue weighted by Crippen LogP contribution is -2.46. The van der Waals surface area contributed by atoms with Gasteiger partial charge in [-0.25, -0.2) is 12.7 Å². The Kier molecular flexibility index (Phi) is 6.84. The summed E-state index contributed by atoms with van der Waals surface area (Å²) in [5.41, 5.74) is 1.17. The second kappa shape index (κ2) is 8.67. The van der Waals surface area contributed by atoms with Crippen molar-refractivity contribution < 1.29 is 17.9 Å². The topological polar surface area (TPSA) is 75.7 Å². The number of hydrogen-bond acceptors (Lipinski definition) is 4. The number of amides is 1. The molecule has 25 heavy (non-hydrogen) atoms. The van der Waals surface area contributed by atoms with Crippen LogP contribution in [0.3, 0.4) is 0 Å². The van der Waals surface area contributed by atoms with Gasteiger partial charge in [-0.2, -0.15) is 0 Å². The number of carbonyl (C=O) groups is 1. The number of hydrogen-bond donors (Lipinski definition) is 1. The van der Waals surface area contributed by atoms with Gasteiger partial charge in [0.2, 0.25) is 15.9 Å². The van der Waals surface area contributed by atoms with E-state index in [0.29, 0.717) is 32.5 Å². The van der Waals surface area contributed by atoms with Gasteiger partial charge in [0.15, 0.2) is 0 Å². The third-order valence-electron chi connectivity index (χ3n) is 4.49. The van der Waals surface area contributed by atoms with Crippen LogP contribution in [0, 0.1) is 12.8 Å². The van der Waals surface area contributed by atoms with Gasteiger partial charge in [-0.1, -0.05) is 17.7 Å². The van der Waals surface area contributed by atoms with E-state index in [1.165, 1.54) is 9.87 Å². The number of rotatable bonds is 7. The molecule has 1 saturated heterocycles. The van der Waals surface area contributed by atoms with Crippen molar-refractivity contribution in [3.05, 3.63) is 29.8 Å². The van der Waals surface area contributed by atoms with Crippen LogP contribution in [-0.4, -0.2) is 50.1 Å². The molecule has 2 rings (SSSR count). The Morgan fingerprint density at radius 1 is 1.28 bits per heavy atom. The van der Waals surface area contributed by atoms with E-state index >= 15 is 0 Å². The maximum absolute atomic E-state index is 12.4. The van der Waals surface area contributed by atoms with Crippen molar-refractivity contribution in [2.75, 3.05) is 25.4 Å². The SMILES string of the molecule is CCS(=O)(=O)N1CCC(C(=O)N[C@@H](C)COc2ccc(C)cc2)CC1. The lowest BCUT2D eigenvalue weighted by molar-refractivity contribution is -0.126. The molecule has 1 aliphatic rings. The van der Waals surface area contributed by atoms with Crippen LogP contribution >= 0.6 is 0 Å². The molecule has 0 spiro atoms. The highest BCUT2D eigenvalue weighted by atomic mass is 32.2. The van der Waals surface area contributed by atoms with E-state index in [1.807, 2.05) is 38.1 Å². The fourth-order valence-electron chi connectivity index (χ4n) is 2.84. The highest BCUT2D eigenvalue weighted by Crippen LogP contribution is 2.20. The molecule has 1 aromatic rings. The summed E-state index contributed by atoms with van der Waals surface area (Å²) in [4.78, 5) is 12.4. The molecular weight excluding hydrogens is 340 g/mol. The number of benzene rings is 1. The zero-order valence-electron chi connectivity index (χ0n) is 15.2. The van der Waals surface area contributed by atoms with Gasteiger partial charge in [0, 0.05) is 19.0 Å². The van der Waals surface area contributed by atoms with Crippen LogP contribution in [0.15, 0.2) is 24.3 Å². The van der Waals surface area contributed by atoms with Gasteiger partial charge in [-0.3, -0.25) is 4.79 Å². The summed E-state index contributed by atoms with van der Waals surface area (Å²) in [5.74, 6) is 0.737. The first-order valence-corrected chi connectivity index (χ1v) is 10.4. The molecule has 1 heterocycles. The largest absolute Gasteiger partial charge is 0.491 e. The summed E-state index contributed by atoms with van der Waals surface area (Å²) in [5, 5.41) is 2.97. The summed E-state index contributed by atoms with van der Waals surface area (Å²) >= 11 is 0. The van der Waals surface area contributed by atoms with E-state index in [1.54, 1.807) is 6.92 Å². The molecule has 1 atom stereocenters. The average Bonchev–Trinajstić information content (AvgIpc) is 2.61. The third kappa shape index (κ3) is 5.71. The summed E-state index contributed by atoms with van der Waals surface area (Å²) in [6.07, 6.45) is 1.13. The Hall–Kier alpha value is -1.60. The van der Waals surface area contributed by atoms with Crippen molar-refractivity contribution in [2.45, 2.75) is 39.7 Å². The van der Waals surface area contributed by atoms with Gasteiger partial charge in [-0.05, 0) is 45.7 Å². The lowest BCUT2D eigenvalue weighted by atomic mass is 9.97. The van der Waals surface area contributed by atoms with Gasteiger partial charge in [0.1, 0.15) is 12.4 Å². The Labute approximate surface area is 150 Å². The summed E-state index contributed by atoms with van der Waals surface area (Å²) in [6, 6.07) is 7.68. The van der Waals surface area contributed by atoms with Crippen LogP contribution in [0.25, 0.3) is 0 Å². The van der Waals surface area contributed by atoms with Crippen LogP contribution in [-0.2, 0) is 14.8 Å². The minimum atomic E-state index is -3.15. The van der Waals surface area contributed by atoms with Gasteiger partial charge in [-0.15, -0.1) is 0 Å². The molecular formula is C18H28N2O4S. The van der Waals surface area contributed by atoms with Gasteiger partial charge in [0.25, 0.3) is 0 Å². The monoisotopic (exact) mass is 368 g/mol. The molecule has 1 N–H and O–H groups in total. The van der Waals surface area contributed by atoms with E-state index in [2.05, 4.69) is 5.32 Å². The molecule has 6 nitrogen and oxygen atoms in total. The molecule has 1 aromatic carbocycles. The average molecular weight is 368 g/mol. The second-order valence-electron chi connectivity index (χ2n) is 6.61. The number of aryl methyl sites for hydroxylation is 1. The zero-order chi connectivity index (χ0) is 18.4. The minimum absolute atomic E-state index is 0.0199. The van der Waals surface area contributed by atoms with Crippen molar-refractivity contribution in [3.63, 3.8) is 0 Å². The van der Waals surface area contributed by atoms with E-state index < -0.39 is 10.0 Å². The first-order valence-electron chi connectivity index (χ1n) is 8.79. The van der Waals surface area contributed by atoms with Crippen molar-refractivity contribution in [2.24, 2.45) is 5.92 Å². The summed E-state index contributed by atoms with van der Waals surface area (Å²) < 4.78 is 30.9. The van der Waals surface area contributed by atoms with E-state index in [4.69, 9.17) is 4.74 Å². The van der Waals surface area contributed by atoms with Crippen molar-refractivity contribution in [1.82, 2.24) is 9.62 Å². The normalized spacial score (nSPS) is 17.9. The van der Waals surface area contributed by atoms with Crippen molar-refractivity contribution >= 4 is 15.9 Å². The highest BCUT2D eigenvalue weighted by molar-refractivity contribution is 7.89. The maximum atomic E-state index is 12.4. The van der Waals surface area contributed by atoms with E-state index in [0.717, 1.165) is 5.75 Å². The number of piperidine rings is 1. The Morgan fingerprint density at radius 3 is 2.44 bits per heavy atom. The van der Waals surface area contributed by atoms with Gasteiger partial charge >= 0.3 is 0 Å². The molecule has 0 bridgehead atoms. The zero-order valence-corrected chi connectivity index (χ0v) is 16.0. The predicted octanol–water partition coefficient (Wildman–Crippen LogP) is 1.94. The number of nitrogens with one attached hydrogen (secondary N) is 1. The van der Waals surface area contributed by atoms with Crippen LogP contribution in [0.5, 0.6) is 5.75 Å². The quantitative estimate of drug-likeness (QED) is 0.798. The Bertz CT molecular complexity index is 665. The first-order chi connectivity index (χ1) is 11.8. The fourth-order valence-corrected chi connectivity index (χ4v) is 3.97. The van der Waals surface area contributed by atoms with Crippen molar-refractivity contribution in [3.8, 4) is 5.75 Å². The Balaban J connectivity index is 1.75. The number of carbonyl (C=O) groups excluding carboxylic acids is 1. The molecule has 0 aromatic heterocycles. The summed E-state index contributed by atoms with van der Waals surface area (Å²) in [6.45, 7) is 6.80. The number of ether oxygens (including phenoxy) is 1. The number of nitrogens with zero attached hydrogens (tertiary/aromatic N) is 1. The van der Waals surface area contributed by atoms with E-state index in [9.17, 15) is 13.2 Å². The first kappa shape index (κ1) is 19.7. The van der Waals surface area contributed by atoms with Crippen LogP contribution in [0.4, 0.5) is 0 Å². The molecule has 140 valence electrons. The van der Waals surface area contributed by atoms with E-state index in [-0.39, 0.29) is 23.6 Å². The van der Waals surface area contributed by atoms with Crippen molar-refractivity contribution in [1.29, 1.82) is 0 Å². The lowest BCUT2D eigenvalue weighted by Gasteiger charge is -2.30. The van der Waals surface area contributed by atoms with Gasteiger partial charge in [0.05, 0.1) is 11.8 Å². The maximum Gasteiger partial charge on any atom is 0.223 e. The highest BCUT2D eigenvalue weighted by Gasteiger charge is 2.30. The smallest absolute Gasteiger partial charge is 0.223 e. The summed E-state index contributed by atoms with van der Waals surface area (Å²) in [7, 11) is -3.15. The fraction of sp³-hybridized carbons (Fsp3) is 0.611.